The molecule has 6 nitrogen and oxygen atoms in total. The zero-order chi connectivity index (χ0) is 14.7. The molecule has 6 heteroatoms. The Balaban J connectivity index is 1.99. The number of rotatable bonds is 5. The highest BCUT2D eigenvalue weighted by molar-refractivity contribution is 5.78. The minimum atomic E-state index is -0.423. The van der Waals surface area contributed by atoms with Crippen LogP contribution in [0.4, 0.5) is 5.69 Å². The summed E-state index contributed by atoms with van der Waals surface area (Å²) in [7, 11) is 1.74. The van der Waals surface area contributed by atoms with Gasteiger partial charge in [0.15, 0.2) is 0 Å². The number of carbonyl (C=O) groups is 1. The molecule has 0 radical (unpaired) electrons. The number of non-ortho nitro benzene ring substituents is 1. The highest BCUT2D eigenvalue weighted by atomic mass is 16.6. The fourth-order valence-electron chi connectivity index (χ4n) is 2.33. The normalized spacial score (nSPS) is 16.3. The molecule has 1 fully saturated rings. The summed E-state index contributed by atoms with van der Waals surface area (Å²) in [5.74, 6) is 0.470. The molecule has 1 heterocycles. The average molecular weight is 277 g/mol. The molecule has 1 aromatic carbocycles. The molecule has 2 rings (SSSR count). The summed E-state index contributed by atoms with van der Waals surface area (Å²) in [5, 5.41) is 13.9. The van der Waals surface area contributed by atoms with E-state index in [1.807, 2.05) is 6.92 Å². The highest BCUT2D eigenvalue weighted by Crippen LogP contribution is 2.20. The lowest BCUT2D eigenvalue weighted by Gasteiger charge is -2.34. The number of nitro groups is 1. The maximum atomic E-state index is 12.3. The van der Waals surface area contributed by atoms with E-state index < -0.39 is 4.92 Å². The van der Waals surface area contributed by atoms with Gasteiger partial charge >= 0.3 is 0 Å². The van der Waals surface area contributed by atoms with Gasteiger partial charge in [-0.15, -0.1) is 0 Å². The van der Waals surface area contributed by atoms with Gasteiger partial charge in [-0.3, -0.25) is 14.9 Å². The van der Waals surface area contributed by atoms with E-state index in [0.29, 0.717) is 12.5 Å². The molecule has 1 amide bonds. The predicted molar refractivity (Wildman–Crippen MR) is 75.1 cm³/mol. The molecule has 0 aromatic heterocycles. The number of carbonyl (C=O) groups excluding carboxylic acids is 1. The Labute approximate surface area is 117 Å². The van der Waals surface area contributed by atoms with Gasteiger partial charge in [0.1, 0.15) is 0 Å². The van der Waals surface area contributed by atoms with Crippen molar-refractivity contribution in [2.45, 2.75) is 13.5 Å². The van der Waals surface area contributed by atoms with Gasteiger partial charge in [-0.2, -0.15) is 0 Å². The summed E-state index contributed by atoms with van der Waals surface area (Å²) in [5.41, 5.74) is 0.827. The molecule has 1 aromatic rings. The number of amides is 1. The van der Waals surface area contributed by atoms with Crippen LogP contribution in [0.25, 0.3) is 0 Å². The van der Waals surface area contributed by atoms with Gasteiger partial charge in [-0.25, -0.2) is 0 Å². The van der Waals surface area contributed by atoms with Gasteiger partial charge in [0, 0.05) is 31.6 Å². The maximum absolute atomic E-state index is 12.3. The van der Waals surface area contributed by atoms with Gasteiger partial charge in [-0.05, 0) is 24.6 Å². The standard InChI is InChI=1S/C14H19N3O3/c1-10(12-7-15-8-12)14(18)16(2)9-11-4-3-5-13(6-11)17(19)20/h3-6,10,12,15H,7-9H2,1-2H3. The largest absolute Gasteiger partial charge is 0.341 e. The molecule has 1 saturated heterocycles. The minimum Gasteiger partial charge on any atom is -0.341 e. The smallest absolute Gasteiger partial charge is 0.269 e. The van der Waals surface area contributed by atoms with Crippen LogP contribution in [0.15, 0.2) is 24.3 Å². The SMILES string of the molecule is CC(C(=O)N(C)Cc1cccc([N+](=O)[O-])c1)C1CNC1. The van der Waals surface area contributed by atoms with Crippen molar-refractivity contribution in [2.24, 2.45) is 11.8 Å². The third-order valence-electron chi connectivity index (χ3n) is 3.83. The lowest BCUT2D eigenvalue weighted by molar-refractivity contribution is -0.384. The van der Waals surface area contributed by atoms with E-state index in [-0.39, 0.29) is 17.5 Å². The van der Waals surface area contributed by atoms with Crippen molar-refractivity contribution >= 4 is 11.6 Å². The van der Waals surface area contributed by atoms with Crippen LogP contribution in [0.2, 0.25) is 0 Å². The fraction of sp³-hybridized carbons (Fsp3) is 0.500. The van der Waals surface area contributed by atoms with E-state index >= 15 is 0 Å². The number of nitrogens with zero attached hydrogens (tertiary/aromatic N) is 2. The van der Waals surface area contributed by atoms with Gasteiger partial charge in [0.05, 0.1) is 4.92 Å². The Morgan fingerprint density at radius 1 is 1.55 bits per heavy atom. The van der Waals surface area contributed by atoms with E-state index in [9.17, 15) is 14.9 Å². The summed E-state index contributed by atoms with van der Waals surface area (Å²) in [4.78, 5) is 24.2. The fourth-order valence-corrected chi connectivity index (χ4v) is 2.33. The molecule has 0 spiro atoms. The first kappa shape index (κ1) is 14.5. The van der Waals surface area contributed by atoms with Crippen LogP contribution in [-0.2, 0) is 11.3 Å². The lowest BCUT2D eigenvalue weighted by atomic mass is 9.88. The van der Waals surface area contributed by atoms with Gasteiger partial charge in [0.25, 0.3) is 5.69 Å². The second-order valence-electron chi connectivity index (χ2n) is 5.33. The van der Waals surface area contributed by atoms with Crippen molar-refractivity contribution in [3.8, 4) is 0 Å². The Bertz CT molecular complexity index is 514. The molecule has 0 aliphatic carbocycles. The first-order chi connectivity index (χ1) is 9.49. The second kappa shape index (κ2) is 6.00. The number of benzene rings is 1. The van der Waals surface area contributed by atoms with E-state index in [1.165, 1.54) is 12.1 Å². The summed E-state index contributed by atoms with van der Waals surface area (Å²) < 4.78 is 0. The monoisotopic (exact) mass is 277 g/mol. The highest BCUT2D eigenvalue weighted by Gasteiger charge is 2.30. The van der Waals surface area contributed by atoms with Crippen LogP contribution < -0.4 is 5.32 Å². The first-order valence-electron chi connectivity index (χ1n) is 6.68. The molecule has 1 unspecified atom stereocenters. The van der Waals surface area contributed by atoms with Gasteiger partial charge in [0.2, 0.25) is 5.91 Å². The zero-order valence-electron chi connectivity index (χ0n) is 11.7. The molecule has 1 N–H and O–H groups in total. The molecule has 0 saturated carbocycles. The van der Waals surface area contributed by atoms with Crippen LogP contribution in [0.5, 0.6) is 0 Å². The quantitative estimate of drug-likeness (QED) is 0.652. The van der Waals surface area contributed by atoms with Crippen LogP contribution >= 0.6 is 0 Å². The molecular formula is C14H19N3O3. The molecule has 20 heavy (non-hydrogen) atoms. The van der Waals surface area contributed by atoms with E-state index in [1.54, 1.807) is 24.1 Å². The molecule has 1 aliphatic rings. The number of hydrogen-bond acceptors (Lipinski definition) is 4. The van der Waals surface area contributed by atoms with Crippen molar-refractivity contribution in [3.63, 3.8) is 0 Å². The molecule has 1 atom stereocenters. The van der Waals surface area contributed by atoms with Gasteiger partial charge in [-0.1, -0.05) is 19.1 Å². The van der Waals surface area contributed by atoms with Crippen molar-refractivity contribution in [1.29, 1.82) is 0 Å². The Hall–Kier alpha value is -1.95. The van der Waals surface area contributed by atoms with E-state index in [4.69, 9.17) is 0 Å². The summed E-state index contributed by atoms with van der Waals surface area (Å²) in [6, 6.07) is 6.41. The van der Waals surface area contributed by atoms with Crippen molar-refractivity contribution in [3.05, 3.63) is 39.9 Å². The van der Waals surface area contributed by atoms with Crippen molar-refractivity contribution < 1.29 is 9.72 Å². The maximum Gasteiger partial charge on any atom is 0.269 e. The molecule has 1 aliphatic heterocycles. The third-order valence-corrected chi connectivity index (χ3v) is 3.83. The molecule has 108 valence electrons. The van der Waals surface area contributed by atoms with Crippen molar-refractivity contribution in [2.75, 3.05) is 20.1 Å². The topological polar surface area (TPSA) is 75.5 Å². The average Bonchev–Trinajstić information content (AvgIpc) is 2.35. The zero-order valence-corrected chi connectivity index (χ0v) is 11.7. The molecular weight excluding hydrogens is 258 g/mol. The first-order valence-corrected chi connectivity index (χ1v) is 6.68. The Morgan fingerprint density at radius 2 is 2.25 bits per heavy atom. The number of nitro benzene ring substituents is 1. The lowest BCUT2D eigenvalue weighted by Crippen LogP contribution is -2.49. The Kier molecular flexibility index (Phi) is 4.34. The van der Waals surface area contributed by atoms with E-state index in [2.05, 4.69) is 5.32 Å². The van der Waals surface area contributed by atoms with Crippen LogP contribution in [0.1, 0.15) is 12.5 Å². The summed E-state index contributed by atoms with van der Waals surface area (Å²) in [6.07, 6.45) is 0. The van der Waals surface area contributed by atoms with E-state index in [0.717, 1.165) is 18.7 Å². The van der Waals surface area contributed by atoms with Crippen LogP contribution in [0, 0.1) is 22.0 Å². The van der Waals surface area contributed by atoms with Gasteiger partial charge < -0.3 is 10.2 Å². The van der Waals surface area contributed by atoms with Crippen LogP contribution in [-0.4, -0.2) is 35.9 Å². The van der Waals surface area contributed by atoms with Crippen LogP contribution in [0.3, 0.4) is 0 Å². The number of nitrogens with one attached hydrogen (secondary N) is 1. The summed E-state index contributed by atoms with van der Waals surface area (Å²) >= 11 is 0. The Morgan fingerprint density at radius 3 is 2.80 bits per heavy atom. The third kappa shape index (κ3) is 3.14. The second-order valence-corrected chi connectivity index (χ2v) is 5.33. The molecule has 0 bridgehead atoms. The minimum absolute atomic E-state index is 0.0139. The number of hydrogen-bond donors (Lipinski definition) is 1. The summed E-state index contributed by atoms with van der Waals surface area (Å²) in [6.45, 7) is 4.11. The predicted octanol–water partition coefficient (Wildman–Crippen LogP) is 1.41. The van der Waals surface area contributed by atoms with Crippen molar-refractivity contribution in [1.82, 2.24) is 10.2 Å².